The number of pyridine rings is 1. The van der Waals surface area contributed by atoms with Gasteiger partial charge in [-0.2, -0.15) is 0 Å². The van der Waals surface area contributed by atoms with Gasteiger partial charge in [0.05, 0.1) is 11.3 Å². The molecule has 0 saturated carbocycles. The first-order chi connectivity index (χ1) is 17.7. The molecule has 0 radical (unpaired) electrons. The highest BCUT2D eigenvalue weighted by molar-refractivity contribution is 6.03. The molecule has 11 heteroatoms. The van der Waals surface area contributed by atoms with E-state index in [0.717, 1.165) is 25.0 Å². The van der Waals surface area contributed by atoms with Gasteiger partial charge in [0.25, 0.3) is 12.0 Å². The first-order valence-electron chi connectivity index (χ1n) is 11.6. The molecule has 2 fully saturated rings. The molecular formula is C26H19F4N5O2. The van der Waals surface area contributed by atoms with Crippen LogP contribution in [0.4, 0.5) is 23.4 Å². The van der Waals surface area contributed by atoms with Crippen molar-refractivity contribution in [2.75, 3.05) is 18.0 Å². The number of alkyl halides is 2. The van der Waals surface area contributed by atoms with Gasteiger partial charge in [-0.1, -0.05) is 12.0 Å². The first-order valence-corrected chi connectivity index (χ1v) is 11.6. The van der Waals surface area contributed by atoms with Crippen molar-refractivity contribution in [3.05, 3.63) is 57.6 Å². The summed E-state index contributed by atoms with van der Waals surface area (Å²) in [5.74, 6) is -0.953. The lowest BCUT2D eigenvalue weighted by Crippen LogP contribution is -2.51. The van der Waals surface area contributed by atoms with E-state index in [1.807, 2.05) is 0 Å². The second-order valence-corrected chi connectivity index (χ2v) is 9.27. The van der Waals surface area contributed by atoms with Crippen LogP contribution >= 0.6 is 0 Å². The Bertz CT molecular complexity index is 1690. The number of piperazine rings is 1. The zero-order valence-electron chi connectivity index (χ0n) is 19.2. The predicted molar refractivity (Wildman–Crippen MR) is 130 cm³/mol. The fraction of sp³-hybridized carbons (Fsp3) is 0.269. The third-order valence-electron chi connectivity index (χ3n) is 6.98. The maximum absolute atomic E-state index is 16.1. The van der Waals surface area contributed by atoms with Crippen molar-refractivity contribution in [1.82, 2.24) is 20.3 Å². The summed E-state index contributed by atoms with van der Waals surface area (Å²) in [6, 6.07) is 5.07. The van der Waals surface area contributed by atoms with Gasteiger partial charge in [0.15, 0.2) is 11.6 Å². The van der Waals surface area contributed by atoms with Crippen molar-refractivity contribution in [3.8, 4) is 29.4 Å². The minimum Gasteiger partial charge on any atom is -0.508 e. The summed E-state index contributed by atoms with van der Waals surface area (Å²) in [5.41, 5.74) is -2.20. The van der Waals surface area contributed by atoms with E-state index in [-0.39, 0.29) is 50.9 Å². The average molecular weight is 509 g/mol. The monoisotopic (exact) mass is 509 g/mol. The molecule has 2 aliphatic heterocycles. The van der Waals surface area contributed by atoms with Gasteiger partial charge in [0.1, 0.15) is 28.3 Å². The minimum absolute atomic E-state index is 0.0660. The summed E-state index contributed by atoms with van der Waals surface area (Å²) in [7, 11) is 0. The smallest absolute Gasteiger partial charge is 0.297 e. The molecule has 188 valence electrons. The Kier molecular flexibility index (Phi) is 5.31. The number of nitrogens with one attached hydrogen (secondary N) is 2. The molecule has 2 aromatic carbocycles. The zero-order chi connectivity index (χ0) is 26.0. The van der Waals surface area contributed by atoms with Gasteiger partial charge in [-0.15, -0.1) is 6.42 Å². The van der Waals surface area contributed by atoms with Crippen molar-refractivity contribution in [2.24, 2.45) is 0 Å². The highest BCUT2D eigenvalue weighted by Gasteiger charge is 2.35. The van der Waals surface area contributed by atoms with Gasteiger partial charge in [-0.3, -0.25) is 4.79 Å². The number of hydrogen-bond donors (Lipinski definition) is 3. The molecule has 4 aromatic rings. The Labute approximate surface area is 207 Å². The number of hydrogen-bond acceptors (Lipinski definition) is 6. The van der Waals surface area contributed by atoms with E-state index in [4.69, 9.17) is 6.42 Å². The van der Waals surface area contributed by atoms with E-state index >= 15 is 4.39 Å². The molecule has 0 spiro atoms. The van der Waals surface area contributed by atoms with E-state index in [1.54, 1.807) is 4.90 Å². The molecule has 7 nitrogen and oxygen atoms in total. The number of aromatic hydroxyl groups is 1. The lowest BCUT2D eigenvalue weighted by atomic mass is 9.95. The lowest BCUT2D eigenvalue weighted by molar-refractivity contribution is 0.141. The third-order valence-corrected chi connectivity index (χ3v) is 6.98. The number of terminal acetylenes is 1. The molecule has 4 heterocycles. The quantitative estimate of drug-likeness (QED) is 0.286. The molecule has 3 N–H and O–H groups in total. The van der Waals surface area contributed by atoms with Crippen molar-refractivity contribution >= 4 is 27.5 Å². The molecule has 2 saturated heterocycles. The Balaban J connectivity index is 1.66. The maximum atomic E-state index is 16.1. The van der Waals surface area contributed by atoms with E-state index in [2.05, 4.69) is 26.2 Å². The van der Waals surface area contributed by atoms with Crippen LogP contribution in [0.3, 0.4) is 0 Å². The Morgan fingerprint density at radius 1 is 1.11 bits per heavy atom. The van der Waals surface area contributed by atoms with Crippen LogP contribution in [0, 0.1) is 24.0 Å². The Hall–Kier alpha value is -4.17. The molecule has 2 aromatic heterocycles. The van der Waals surface area contributed by atoms with Gasteiger partial charge >= 0.3 is 0 Å². The highest BCUT2D eigenvalue weighted by atomic mass is 19.3. The van der Waals surface area contributed by atoms with Crippen LogP contribution < -0.4 is 15.8 Å². The molecule has 37 heavy (non-hydrogen) atoms. The summed E-state index contributed by atoms with van der Waals surface area (Å²) in [4.78, 5) is 25.2. The summed E-state index contributed by atoms with van der Waals surface area (Å²) < 4.78 is 58.3. The van der Waals surface area contributed by atoms with Gasteiger partial charge in [0.2, 0.25) is 0 Å². The number of nitrogens with zero attached hydrogens (tertiary/aromatic N) is 3. The van der Waals surface area contributed by atoms with Crippen molar-refractivity contribution in [3.63, 3.8) is 0 Å². The Morgan fingerprint density at radius 2 is 1.84 bits per heavy atom. The second-order valence-electron chi connectivity index (χ2n) is 9.27. The number of aromatic amines is 1. The number of H-pyrrole nitrogens is 1. The molecule has 6 rings (SSSR count). The van der Waals surface area contributed by atoms with Gasteiger partial charge in [0, 0.05) is 36.1 Å². The van der Waals surface area contributed by atoms with E-state index in [1.165, 1.54) is 12.1 Å². The molecule has 2 aliphatic rings. The summed E-state index contributed by atoms with van der Waals surface area (Å²) in [6.07, 6.45) is 4.17. The van der Waals surface area contributed by atoms with Crippen molar-refractivity contribution < 1.29 is 22.7 Å². The topological polar surface area (TPSA) is 94.1 Å². The second kappa shape index (κ2) is 8.45. The normalized spacial score (nSPS) is 19.2. The summed E-state index contributed by atoms with van der Waals surface area (Å²) in [5, 5.41) is 13.8. The molecule has 2 atom stereocenters. The average Bonchev–Trinajstić information content (AvgIpc) is 3.22. The number of phenolic OH excluding ortho intramolecular Hbond substituents is 1. The molecule has 2 bridgehead atoms. The largest absolute Gasteiger partial charge is 0.508 e. The SMILES string of the molecule is C#Cc1c(F)ccc2cc(O)cc(-c3[nH]c(=O)c4c(N5CC6CCC(C5)N6)nc(C(F)F)nc4c3F)c12. The molecule has 2 unspecified atom stereocenters. The van der Waals surface area contributed by atoms with Crippen LogP contribution in [-0.2, 0) is 0 Å². The van der Waals surface area contributed by atoms with Crippen LogP contribution in [0.5, 0.6) is 5.75 Å². The third kappa shape index (κ3) is 3.67. The summed E-state index contributed by atoms with van der Waals surface area (Å²) >= 11 is 0. The van der Waals surface area contributed by atoms with E-state index in [0.29, 0.717) is 13.1 Å². The summed E-state index contributed by atoms with van der Waals surface area (Å²) in [6.45, 7) is 0.826. The predicted octanol–water partition coefficient (Wildman–Crippen LogP) is 3.98. The van der Waals surface area contributed by atoms with Gasteiger partial charge < -0.3 is 20.3 Å². The Morgan fingerprint density at radius 3 is 2.51 bits per heavy atom. The van der Waals surface area contributed by atoms with E-state index < -0.39 is 40.7 Å². The number of anilines is 1. The van der Waals surface area contributed by atoms with Crippen LogP contribution in [0.25, 0.3) is 32.9 Å². The van der Waals surface area contributed by atoms with E-state index in [9.17, 15) is 23.1 Å². The molecular weight excluding hydrogens is 490 g/mol. The molecule has 0 amide bonds. The van der Waals surface area contributed by atoms with Crippen molar-refractivity contribution in [2.45, 2.75) is 31.4 Å². The van der Waals surface area contributed by atoms with Gasteiger partial charge in [-0.05, 0) is 36.4 Å². The van der Waals surface area contributed by atoms with Crippen molar-refractivity contribution in [1.29, 1.82) is 0 Å². The fourth-order valence-corrected chi connectivity index (χ4v) is 5.43. The maximum Gasteiger partial charge on any atom is 0.297 e. The van der Waals surface area contributed by atoms with Crippen LogP contribution in [-0.4, -0.2) is 45.2 Å². The number of rotatable bonds is 3. The number of halogens is 4. The number of fused-ring (bicyclic) bond motifs is 4. The number of aromatic nitrogens is 3. The zero-order valence-corrected chi connectivity index (χ0v) is 19.2. The standard InChI is InChI=1S/C26H19F4N5O2/c1-2-15-17(27)6-3-11-7-14(36)8-16(18(11)15)21-20(28)22-19(26(37)33-21)25(34-24(32-22)23(29)30)35-9-12-4-5-13(10-35)31-12/h1,3,6-8,12-13,23,31,36H,4-5,9-10H2,(H,33,37). The van der Waals surface area contributed by atoms with Crippen LogP contribution in [0.2, 0.25) is 0 Å². The number of benzene rings is 2. The van der Waals surface area contributed by atoms with Gasteiger partial charge in [-0.25, -0.2) is 27.5 Å². The van der Waals surface area contributed by atoms with Crippen LogP contribution in [0.1, 0.15) is 30.7 Å². The van der Waals surface area contributed by atoms with Crippen LogP contribution in [0.15, 0.2) is 29.1 Å². The first kappa shape index (κ1) is 23.2. The fourth-order valence-electron chi connectivity index (χ4n) is 5.43. The minimum atomic E-state index is -3.12. The molecule has 0 aliphatic carbocycles. The number of phenols is 1. The lowest BCUT2D eigenvalue weighted by Gasteiger charge is -2.34. The highest BCUT2D eigenvalue weighted by Crippen LogP contribution is 2.38.